The predicted octanol–water partition coefficient (Wildman–Crippen LogP) is 4.35. The van der Waals surface area contributed by atoms with Crippen LogP contribution in [0.4, 0.5) is 0 Å². The zero-order valence-corrected chi connectivity index (χ0v) is 15.1. The third-order valence-electron chi connectivity index (χ3n) is 4.77. The Balaban J connectivity index is 1.43. The summed E-state index contributed by atoms with van der Waals surface area (Å²) in [4.78, 5) is 6.71. The van der Waals surface area contributed by atoms with E-state index in [-0.39, 0.29) is 0 Å². The van der Waals surface area contributed by atoms with Gasteiger partial charge in [-0.25, -0.2) is 0 Å². The molecule has 1 aliphatic rings. The van der Waals surface area contributed by atoms with E-state index in [1.165, 1.54) is 50.4 Å². The standard InChI is InChI=1S/C19H28N2OS/c1-16(19-7-6-17(2)22-19)8-11-20-9-4-10-21(13-12-20)15-18-5-3-14-23-18/h3,5-7,14,16H,4,8-13,15H2,1-2H3. The van der Waals surface area contributed by atoms with Crippen molar-refractivity contribution in [1.29, 1.82) is 0 Å². The molecule has 2 aromatic rings. The fourth-order valence-corrected chi connectivity index (χ4v) is 4.01. The Bertz CT molecular complexity index is 578. The molecule has 0 aromatic carbocycles. The van der Waals surface area contributed by atoms with E-state index in [2.05, 4.69) is 46.4 Å². The Hall–Kier alpha value is -1.10. The van der Waals surface area contributed by atoms with Gasteiger partial charge in [0, 0.05) is 30.4 Å². The summed E-state index contributed by atoms with van der Waals surface area (Å²) in [7, 11) is 0. The predicted molar refractivity (Wildman–Crippen MR) is 97.1 cm³/mol. The van der Waals surface area contributed by atoms with E-state index in [4.69, 9.17) is 4.42 Å². The highest BCUT2D eigenvalue weighted by molar-refractivity contribution is 7.09. The normalized spacial score (nSPS) is 18.9. The van der Waals surface area contributed by atoms with Crippen LogP contribution in [0.15, 0.2) is 34.1 Å². The van der Waals surface area contributed by atoms with Crippen LogP contribution in [0.25, 0.3) is 0 Å². The summed E-state index contributed by atoms with van der Waals surface area (Å²) in [5.74, 6) is 2.66. The smallest absolute Gasteiger partial charge is 0.107 e. The lowest BCUT2D eigenvalue weighted by molar-refractivity contribution is 0.246. The van der Waals surface area contributed by atoms with Crippen molar-refractivity contribution in [3.8, 4) is 0 Å². The fourth-order valence-electron chi connectivity index (χ4n) is 3.27. The second-order valence-corrected chi connectivity index (χ2v) is 7.72. The van der Waals surface area contributed by atoms with Crippen LogP contribution in [0, 0.1) is 6.92 Å². The number of hydrogen-bond acceptors (Lipinski definition) is 4. The molecule has 0 aliphatic carbocycles. The fraction of sp³-hybridized carbons (Fsp3) is 0.579. The Morgan fingerprint density at radius 1 is 1.13 bits per heavy atom. The molecule has 0 bridgehead atoms. The molecule has 1 aliphatic heterocycles. The minimum atomic E-state index is 0.508. The summed E-state index contributed by atoms with van der Waals surface area (Å²) in [5, 5.41) is 2.18. The summed E-state index contributed by atoms with van der Waals surface area (Å²) in [6.45, 7) is 11.4. The van der Waals surface area contributed by atoms with Crippen LogP contribution in [-0.4, -0.2) is 42.5 Å². The first-order chi connectivity index (χ1) is 11.2. The van der Waals surface area contributed by atoms with Crippen molar-refractivity contribution >= 4 is 11.3 Å². The second kappa shape index (κ2) is 8.13. The van der Waals surface area contributed by atoms with Crippen LogP contribution in [0.1, 0.15) is 42.1 Å². The average molecular weight is 333 g/mol. The van der Waals surface area contributed by atoms with Crippen molar-refractivity contribution in [2.24, 2.45) is 0 Å². The van der Waals surface area contributed by atoms with Crippen LogP contribution in [0.5, 0.6) is 0 Å². The highest BCUT2D eigenvalue weighted by Gasteiger charge is 2.17. The van der Waals surface area contributed by atoms with Gasteiger partial charge >= 0.3 is 0 Å². The Labute approximate surface area is 143 Å². The lowest BCUT2D eigenvalue weighted by atomic mass is 10.0. The summed E-state index contributed by atoms with van der Waals surface area (Å²) in [6.07, 6.45) is 2.46. The molecule has 1 unspecified atom stereocenters. The van der Waals surface area contributed by atoms with Gasteiger partial charge in [-0.3, -0.25) is 4.90 Å². The average Bonchev–Trinajstić information content (AvgIpc) is 3.14. The number of aryl methyl sites for hydroxylation is 1. The molecule has 126 valence electrons. The Morgan fingerprint density at radius 2 is 1.96 bits per heavy atom. The third kappa shape index (κ3) is 4.93. The first-order valence-corrected chi connectivity index (χ1v) is 9.62. The van der Waals surface area contributed by atoms with Gasteiger partial charge in [0.1, 0.15) is 11.5 Å². The van der Waals surface area contributed by atoms with Gasteiger partial charge in [-0.2, -0.15) is 0 Å². The van der Waals surface area contributed by atoms with Crippen molar-refractivity contribution in [2.75, 3.05) is 32.7 Å². The number of hydrogen-bond donors (Lipinski definition) is 0. The van der Waals surface area contributed by atoms with Gasteiger partial charge in [-0.15, -0.1) is 11.3 Å². The molecular formula is C19H28N2OS. The molecule has 23 heavy (non-hydrogen) atoms. The molecule has 4 heteroatoms. The molecule has 0 saturated carbocycles. The molecule has 0 N–H and O–H groups in total. The third-order valence-corrected chi connectivity index (χ3v) is 5.63. The zero-order chi connectivity index (χ0) is 16.1. The maximum absolute atomic E-state index is 5.76. The van der Waals surface area contributed by atoms with Crippen molar-refractivity contribution in [1.82, 2.24) is 9.80 Å². The Morgan fingerprint density at radius 3 is 2.70 bits per heavy atom. The van der Waals surface area contributed by atoms with Crippen LogP contribution in [0.3, 0.4) is 0 Å². The molecule has 0 spiro atoms. The lowest BCUT2D eigenvalue weighted by Crippen LogP contribution is -2.31. The van der Waals surface area contributed by atoms with Crippen LogP contribution in [0.2, 0.25) is 0 Å². The van der Waals surface area contributed by atoms with Gasteiger partial charge in [-0.1, -0.05) is 13.0 Å². The van der Waals surface area contributed by atoms with Crippen molar-refractivity contribution in [3.63, 3.8) is 0 Å². The van der Waals surface area contributed by atoms with E-state index in [0.29, 0.717) is 5.92 Å². The molecule has 3 heterocycles. The van der Waals surface area contributed by atoms with Crippen LogP contribution >= 0.6 is 11.3 Å². The highest BCUT2D eigenvalue weighted by atomic mass is 32.1. The van der Waals surface area contributed by atoms with Crippen LogP contribution in [-0.2, 0) is 6.54 Å². The van der Waals surface area contributed by atoms with E-state index in [9.17, 15) is 0 Å². The van der Waals surface area contributed by atoms with Gasteiger partial charge < -0.3 is 9.32 Å². The number of nitrogens with zero attached hydrogens (tertiary/aromatic N) is 2. The first kappa shape index (κ1) is 16.7. The summed E-state index contributed by atoms with van der Waals surface area (Å²) < 4.78 is 5.76. The van der Waals surface area contributed by atoms with Gasteiger partial charge in [0.05, 0.1) is 0 Å². The minimum Gasteiger partial charge on any atom is -0.466 e. The molecular weight excluding hydrogens is 304 g/mol. The molecule has 1 fully saturated rings. The molecule has 3 nitrogen and oxygen atoms in total. The summed E-state index contributed by atoms with van der Waals surface area (Å²) in [6, 6.07) is 8.60. The molecule has 0 amide bonds. The van der Waals surface area contributed by atoms with Crippen molar-refractivity contribution in [2.45, 2.75) is 39.2 Å². The van der Waals surface area contributed by atoms with Gasteiger partial charge in [-0.05, 0) is 63.0 Å². The van der Waals surface area contributed by atoms with E-state index >= 15 is 0 Å². The molecule has 1 saturated heterocycles. The summed E-state index contributed by atoms with van der Waals surface area (Å²) in [5.41, 5.74) is 0. The number of thiophene rings is 1. The van der Waals surface area contributed by atoms with Crippen molar-refractivity contribution in [3.05, 3.63) is 46.0 Å². The maximum atomic E-state index is 5.76. The van der Waals surface area contributed by atoms with E-state index in [1.54, 1.807) is 0 Å². The SMILES string of the molecule is Cc1ccc(C(C)CCN2CCCN(Cc3cccs3)CC2)o1. The van der Waals surface area contributed by atoms with Gasteiger partial charge in [0.15, 0.2) is 0 Å². The minimum absolute atomic E-state index is 0.508. The molecule has 2 aromatic heterocycles. The number of rotatable bonds is 6. The Kier molecular flexibility index (Phi) is 5.92. The lowest BCUT2D eigenvalue weighted by Gasteiger charge is -2.22. The van der Waals surface area contributed by atoms with E-state index < -0.39 is 0 Å². The maximum Gasteiger partial charge on any atom is 0.107 e. The zero-order valence-electron chi connectivity index (χ0n) is 14.3. The molecule has 3 rings (SSSR count). The first-order valence-electron chi connectivity index (χ1n) is 8.74. The van der Waals surface area contributed by atoms with Crippen molar-refractivity contribution < 1.29 is 4.42 Å². The highest BCUT2D eigenvalue weighted by Crippen LogP contribution is 2.22. The van der Waals surface area contributed by atoms with E-state index in [0.717, 1.165) is 18.1 Å². The molecule has 0 radical (unpaired) electrons. The topological polar surface area (TPSA) is 19.6 Å². The van der Waals surface area contributed by atoms with Gasteiger partial charge in [0.2, 0.25) is 0 Å². The molecule has 1 atom stereocenters. The van der Waals surface area contributed by atoms with E-state index in [1.807, 2.05) is 18.3 Å². The van der Waals surface area contributed by atoms with Gasteiger partial charge in [0.25, 0.3) is 0 Å². The quantitative estimate of drug-likeness (QED) is 0.784. The largest absolute Gasteiger partial charge is 0.466 e. The second-order valence-electron chi connectivity index (χ2n) is 6.69. The van der Waals surface area contributed by atoms with Crippen LogP contribution < -0.4 is 0 Å². The number of furan rings is 1. The summed E-state index contributed by atoms with van der Waals surface area (Å²) >= 11 is 1.87. The monoisotopic (exact) mass is 332 g/mol.